The Hall–Kier alpha value is -1.07. The number of ether oxygens (including phenoxy) is 1. The number of halogens is 1. The highest BCUT2D eigenvalue weighted by atomic mass is 79.9. The lowest BCUT2D eigenvalue weighted by Gasteiger charge is -2.23. The van der Waals surface area contributed by atoms with Gasteiger partial charge in [0.15, 0.2) is 0 Å². The van der Waals surface area contributed by atoms with Gasteiger partial charge in [0.2, 0.25) is 0 Å². The fourth-order valence-corrected chi connectivity index (χ4v) is 2.49. The molecule has 18 heavy (non-hydrogen) atoms. The molecule has 1 aromatic carbocycles. The summed E-state index contributed by atoms with van der Waals surface area (Å²) in [5.41, 5.74) is 6.27. The Bertz CT molecular complexity index is 446. The summed E-state index contributed by atoms with van der Waals surface area (Å²) in [7, 11) is 0. The first kappa shape index (κ1) is 13.4. The standard InChI is InChI=1S/C13H17BrN2O2/c1-2-13(8-15)9-16(12(17)18-13)7-10-5-3-4-6-11(10)14/h3-6H,2,7-9,15H2,1H3. The SMILES string of the molecule is CCC1(CN)CN(Cc2ccccc2Br)C(=O)O1. The van der Waals surface area contributed by atoms with Crippen LogP contribution in [0.25, 0.3) is 0 Å². The Balaban J connectivity index is 2.12. The summed E-state index contributed by atoms with van der Waals surface area (Å²) in [5, 5.41) is 0. The van der Waals surface area contributed by atoms with E-state index < -0.39 is 5.60 Å². The minimum absolute atomic E-state index is 0.280. The van der Waals surface area contributed by atoms with Crippen molar-refractivity contribution >= 4 is 22.0 Å². The van der Waals surface area contributed by atoms with Gasteiger partial charge in [-0.05, 0) is 18.1 Å². The van der Waals surface area contributed by atoms with E-state index in [-0.39, 0.29) is 6.09 Å². The van der Waals surface area contributed by atoms with Crippen LogP contribution in [-0.2, 0) is 11.3 Å². The highest BCUT2D eigenvalue weighted by molar-refractivity contribution is 9.10. The van der Waals surface area contributed by atoms with Crippen molar-refractivity contribution in [1.82, 2.24) is 4.90 Å². The van der Waals surface area contributed by atoms with Gasteiger partial charge in [0.05, 0.1) is 13.1 Å². The number of hydrogen-bond acceptors (Lipinski definition) is 3. The van der Waals surface area contributed by atoms with Crippen LogP contribution in [0.2, 0.25) is 0 Å². The van der Waals surface area contributed by atoms with Crippen molar-refractivity contribution in [2.24, 2.45) is 5.73 Å². The second kappa shape index (κ2) is 5.28. The molecule has 4 nitrogen and oxygen atoms in total. The summed E-state index contributed by atoms with van der Waals surface area (Å²) in [6.07, 6.45) is 0.458. The molecule has 0 bridgehead atoms. The van der Waals surface area contributed by atoms with Crippen LogP contribution in [0.1, 0.15) is 18.9 Å². The van der Waals surface area contributed by atoms with Gasteiger partial charge in [-0.3, -0.25) is 4.90 Å². The quantitative estimate of drug-likeness (QED) is 0.929. The molecule has 1 aliphatic rings. The van der Waals surface area contributed by atoms with Crippen molar-refractivity contribution in [3.63, 3.8) is 0 Å². The summed E-state index contributed by atoms with van der Waals surface area (Å²) in [6.45, 7) is 3.45. The zero-order valence-corrected chi connectivity index (χ0v) is 11.9. The number of nitrogens with two attached hydrogens (primary N) is 1. The number of rotatable bonds is 4. The van der Waals surface area contributed by atoms with Gasteiger partial charge in [0.1, 0.15) is 5.60 Å². The molecule has 0 aromatic heterocycles. The number of carbonyl (C=O) groups excluding carboxylic acids is 1. The van der Waals surface area contributed by atoms with Crippen LogP contribution < -0.4 is 5.73 Å². The number of carbonyl (C=O) groups is 1. The molecule has 1 fully saturated rings. The van der Waals surface area contributed by atoms with E-state index in [9.17, 15) is 4.79 Å². The van der Waals surface area contributed by atoms with E-state index in [0.29, 0.717) is 19.6 Å². The molecule has 1 atom stereocenters. The molecule has 1 amide bonds. The highest BCUT2D eigenvalue weighted by Gasteiger charge is 2.42. The van der Waals surface area contributed by atoms with Crippen LogP contribution in [0, 0.1) is 0 Å². The molecule has 1 heterocycles. The molecule has 1 saturated heterocycles. The van der Waals surface area contributed by atoms with E-state index in [0.717, 1.165) is 16.5 Å². The molecule has 0 aliphatic carbocycles. The number of benzene rings is 1. The predicted octanol–water partition coefficient (Wildman–Crippen LogP) is 2.51. The fraction of sp³-hybridized carbons (Fsp3) is 0.462. The van der Waals surface area contributed by atoms with Crippen molar-refractivity contribution in [2.45, 2.75) is 25.5 Å². The molecule has 2 rings (SSSR count). The fourth-order valence-electron chi connectivity index (χ4n) is 2.08. The Labute approximate surface area is 115 Å². The van der Waals surface area contributed by atoms with Crippen molar-refractivity contribution in [2.75, 3.05) is 13.1 Å². The third-order valence-corrected chi connectivity index (χ3v) is 4.15. The van der Waals surface area contributed by atoms with E-state index >= 15 is 0 Å². The van der Waals surface area contributed by atoms with Crippen LogP contribution in [-0.4, -0.2) is 29.7 Å². The molecule has 2 N–H and O–H groups in total. The lowest BCUT2D eigenvalue weighted by molar-refractivity contribution is 0.0605. The van der Waals surface area contributed by atoms with Crippen LogP contribution in [0.5, 0.6) is 0 Å². The van der Waals surface area contributed by atoms with Gasteiger partial charge in [0.25, 0.3) is 0 Å². The average molecular weight is 313 g/mol. The zero-order chi connectivity index (χ0) is 13.2. The van der Waals surface area contributed by atoms with Crippen molar-refractivity contribution < 1.29 is 9.53 Å². The molecular formula is C13H17BrN2O2. The number of amides is 1. The summed E-state index contributed by atoms with van der Waals surface area (Å²) in [4.78, 5) is 13.6. The second-order valence-corrected chi connectivity index (χ2v) is 5.41. The first-order chi connectivity index (χ1) is 8.60. The minimum Gasteiger partial charge on any atom is -0.440 e. The summed E-state index contributed by atoms with van der Waals surface area (Å²) in [5.74, 6) is 0. The van der Waals surface area contributed by atoms with Crippen LogP contribution in [0.4, 0.5) is 4.79 Å². The predicted molar refractivity (Wildman–Crippen MR) is 73.1 cm³/mol. The third kappa shape index (κ3) is 2.52. The lowest BCUT2D eigenvalue weighted by atomic mass is 10.0. The lowest BCUT2D eigenvalue weighted by Crippen LogP contribution is -2.41. The van der Waals surface area contributed by atoms with E-state index in [1.165, 1.54) is 0 Å². The Morgan fingerprint density at radius 2 is 2.22 bits per heavy atom. The summed E-state index contributed by atoms with van der Waals surface area (Å²) in [6, 6.07) is 7.86. The molecule has 1 aliphatic heterocycles. The second-order valence-electron chi connectivity index (χ2n) is 4.56. The molecular weight excluding hydrogens is 296 g/mol. The molecule has 0 radical (unpaired) electrons. The van der Waals surface area contributed by atoms with Gasteiger partial charge in [-0.25, -0.2) is 4.79 Å². The Kier molecular flexibility index (Phi) is 3.92. The zero-order valence-electron chi connectivity index (χ0n) is 10.4. The molecule has 1 aromatic rings. The van der Waals surface area contributed by atoms with E-state index in [4.69, 9.17) is 10.5 Å². The van der Waals surface area contributed by atoms with Crippen LogP contribution in [0.15, 0.2) is 28.7 Å². The topological polar surface area (TPSA) is 55.6 Å². The number of nitrogens with zero attached hydrogens (tertiary/aromatic N) is 1. The Morgan fingerprint density at radius 1 is 1.50 bits per heavy atom. The van der Waals surface area contributed by atoms with Gasteiger partial charge in [-0.2, -0.15) is 0 Å². The largest absolute Gasteiger partial charge is 0.440 e. The van der Waals surface area contributed by atoms with Gasteiger partial charge in [-0.15, -0.1) is 0 Å². The van der Waals surface area contributed by atoms with E-state index in [1.54, 1.807) is 4.90 Å². The van der Waals surface area contributed by atoms with E-state index in [2.05, 4.69) is 15.9 Å². The van der Waals surface area contributed by atoms with Crippen molar-refractivity contribution in [1.29, 1.82) is 0 Å². The molecule has 5 heteroatoms. The molecule has 0 saturated carbocycles. The van der Waals surface area contributed by atoms with Gasteiger partial charge in [-0.1, -0.05) is 41.1 Å². The highest BCUT2D eigenvalue weighted by Crippen LogP contribution is 2.28. The number of hydrogen-bond donors (Lipinski definition) is 1. The molecule has 98 valence electrons. The minimum atomic E-state index is -0.516. The normalized spacial score (nSPS) is 23.3. The smallest absolute Gasteiger partial charge is 0.410 e. The maximum absolute atomic E-state index is 11.9. The van der Waals surface area contributed by atoms with Gasteiger partial charge >= 0.3 is 6.09 Å². The Morgan fingerprint density at radius 3 is 2.78 bits per heavy atom. The third-order valence-electron chi connectivity index (χ3n) is 3.38. The van der Waals surface area contributed by atoms with Gasteiger partial charge < -0.3 is 10.5 Å². The summed E-state index contributed by atoms with van der Waals surface area (Å²) >= 11 is 3.48. The first-order valence-corrected chi connectivity index (χ1v) is 6.81. The van der Waals surface area contributed by atoms with Crippen molar-refractivity contribution in [3.05, 3.63) is 34.3 Å². The maximum Gasteiger partial charge on any atom is 0.410 e. The molecule has 1 unspecified atom stereocenters. The first-order valence-electron chi connectivity index (χ1n) is 6.01. The van der Waals surface area contributed by atoms with Crippen molar-refractivity contribution in [3.8, 4) is 0 Å². The molecule has 0 spiro atoms. The van der Waals surface area contributed by atoms with Crippen LogP contribution >= 0.6 is 15.9 Å². The van der Waals surface area contributed by atoms with E-state index in [1.807, 2.05) is 31.2 Å². The van der Waals surface area contributed by atoms with Crippen LogP contribution in [0.3, 0.4) is 0 Å². The number of cyclic esters (lactones) is 1. The average Bonchev–Trinajstić information content (AvgIpc) is 2.70. The maximum atomic E-state index is 11.9. The summed E-state index contributed by atoms with van der Waals surface area (Å²) < 4.78 is 6.42. The monoisotopic (exact) mass is 312 g/mol. The van der Waals surface area contributed by atoms with Gasteiger partial charge in [0, 0.05) is 11.0 Å².